The molecule has 0 aliphatic heterocycles. The maximum atomic E-state index is 12.9. The molecule has 3 aromatic carbocycles. The highest BCUT2D eigenvalue weighted by Crippen LogP contribution is 2.33. The van der Waals surface area contributed by atoms with E-state index in [1.54, 1.807) is 66.7 Å². The first-order chi connectivity index (χ1) is 13.9. The van der Waals surface area contributed by atoms with Crippen LogP contribution in [-0.4, -0.2) is 29.9 Å². The molecule has 0 saturated heterocycles. The van der Waals surface area contributed by atoms with Crippen molar-refractivity contribution in [2.75, 3.05) is 12.4 Å². The van der Waals surface area contributed by atoms with Gasteiger partial charge in [0.15, 0.2) is 0 Å². The Bertz CT molecular complexity index is 1090. The van der Waals surface area contributed by atoms with Crippen LogP contribution in [0.4, 0.5) is 5.69 Å². The molecule has 0 bridgehead atoms. The summed E-state index contributed by atoms with van der Waals surface area (Å²) in [4.78, 5) is 24.7. The summed E-state index contributed by atoms with van der Waals surface area (Å²) in [7, 11) is 1.40. The van der Waals surface area contributed by atoms with Crippen molar-refractivity contribution in [3.05, 3.63) is 83.4 Å². The van der Waals surface area contributed by atoms with Gasteiger partial charge in [-0.3, -0.25) is 10.2 Å². The number of nitrogen functional groups attached to an aromatic ring is 1. The molecule has 3 rings (SSSR count). The van der Waals surface area contributed by atoms with E-state index in [-0.39, 0.29) is 17.1 Å². The van der Waals surface area contributed by atoms with Crippen LogP contribution >= 0.6 is 0 Å². The average Bonchev–Trinajstić information content (AvgIpc) is 2.73. The van der Waals surface area contributed by atoms with Crippen molar-refractivity contribution < 1.29 is 19.4 Å². The van der Waals surface area contributed by atoms with E-state index in [0.717, 1.165) is 0 Å². The average molecular weight is 389 g/mol. The molecule has 146 valence electrons. The van der Waals surface area contributed by atoms with E-state index in [4.69, 9.17) is 15.9 Å². The Morgan fingerprint density at radius 2 is 1.62 bits per heavy atom. The Balaban J connectivity index is 2.01. The predicted octanol–water partition coefficient (Wildman–Crippen LogP) is 3.60. The van der Waals surface area contributed by atoms with Crippen LogP contribution in [0.1, 0.15) is 26.3 Å². The van der Waals surface area contributed by atoms with Crippen molar-refractivity contribution in [3.63, 3.8) is 0 Å². The van der Waals surface area contributed by atoms with Crippen LogP contribution in [0.25, 0.3) is 11.1 Å². The molecule has 0 aliphatic rings. The zero-order valence-electron chi connectivity index (χ0n) is 15.6. The SMILES string of the molecule is COc1cccc(-c2ccccc2C(=O)Nc2ccc(C(=N)N)cc2)c1C(=O)O. The van der Waals surface area contributed by atoms with Gasteiger partial charge in [-0.1, -0.05) is 30.3 Å². The van der Waals surface area contributed by atoms with Gasteiger partial charge in [0, 0.05) is 22.4 Å². The third-order valence-corrected chi connectivity index (χ3v) is 4.38. The minimum absolute atomic E-state index is 0.0129. The van der Waals surface area contributed by atoms with E-state index >= 15 is 0 Å². The molecule has 5 N–H and O–H groups in total. The molecule has 0 fully saturated rings. The molecule has 3 aromatic rings. The maximum absolute atomic E-state index is 12.9. The smallest absolute Gasteiger partial charge is 0.340 e. The fraction of sp³-hybridized carbons (Fsp3) is 0.0455. The van der Waals surface area contributed by atoms with Gasteiger partial charge in [0.25, 0.3) is 5.91 Å². The van der Waals surface area contributed by atoms with Gasteiger partial charge in [-0.2, -0.15) is 0 Å². The molecule has 0 saturated carbocycles. The summed E-state index contributed by atoms with van der Waals surface area (Å²) in [6.45, 7) is 0. The van der Waals surface area contributed by atoms with E-state index in [1.807, 2.05) is 0 Å². The predicted molar refractivity (Wildman–Crippen MR) is 111 cm³/mol. The van der Waals surface area contributed by atoms with E-state index in [2.05, 4.69) is 5.32 Å². The normalized spacial score (nSPS) is 10.2. The van der Waals surface area contributed by atoms with Gasteiger partial charge in [-0.05, 0) is 42.0 Å². The quantitative estimate of drug-likeness (QED) is 0.379. The first-order valence-corrected chi connectivity index (χ1v) is 8.68. The van der Waals surface area contributed by atoms with Crippen LogP contribution in [0.3, 0.4) is 0 Å². The number of nitrogens with one attached hydrogen (secondary N) is 2. The summed E-state index contributed by atoms with van der Waals surface area (Å²) in [6, 6.07) is 18.2. The molecular weight excluding hydrogens is 370 g/mol. The van der Waals surface area contributed by atoms with Crippen molar-refractivity contribution in [3.8, 4) is 16.9 Å². The van der Waals surface area contributed by atoms with Crippen molar-refractivity contribution in [2.45, 2.75) is 0 Å². The third-order valence-electron chi connectivity index (χ3n) is 4.38. The van der Waals surface area contributed by atoms with Gasteiger partial charge in [-0.25, -0.2) is 4.79 Å². The number of anilines is 1. The van der Waals surface area contributed by atoms with Crippen LogP contribution in [0.2, 0.25) is 0 Å². The largest absolute Gasteiger partial charge is 0.496 e. The molecule has 0 unspecified atom stereocenters. The first-order valence-electron chi connectivity index (χ1n) is 8.68. The number of carboxylic acids is 1. The number of nitrogens with two attached hydrogens (primary N) is 1. The Hall–Kier alpha value is -4.13. The summed E-state index contributed by atoms with van der Waals surface area (Å²) in [5, 5.41) is 19.9. The fourth-order valence-corrected chi connectivity index (χ4v) is 2.99. The number of ether oxygens (including phenoxy) is 1. The van der Waals surface area contributed by atoms with E-state index < -0.39 is 11.9 Å². The second-order valence-electron chi connectivity index (χ2n) is 6.18. The lowest BCUT2D eigenvalue weighted by Gasteiger charge is -2.14. The number of carboxylic acid groups (broad SMARTS) is 1. The lowest BCUT2D eigenvalue weighted by molar-refractivity contribution is 0.0694. The van der Waals surface area contributed by atoms with Gasteiger partial charge >= 0.3 is 5.97 Å². The molecule has 1 amide bonds. The van der Waals surface area contributed by atoms with Crippen LogP contribution < -0.4 is 15.8 Å². The molecule has 7 heteroatoms. The minimum atomic E-state index is -1.15. The molecule has 0 spiro atoms. The van der Waals surface area contributed by atoms with Gasteiger partial charge < -0.3 is 20.9 Å². The fourth-order valence-electron chi connectivity index (χ4n) is 2.99. The summed E-state index contributed by atoms with van der Waals surface area (Å²) >= 11 is 0. The van der Waals surface area contributed by atoms with Gasteiger partial charge in [0.1, 0.15) is 17.1 Å². The van der Waals surface area contributed by atoms with Gasteiger partial charge in [-0.15, -0.1) is 0 Å². The van der Waals surface area contributed by atoms with Crippen molar-refractivity contribution >= 4 is 23.4 Å². The molecule has 0 aromatic heterocycles. The Kier molecular flexibility index (Phi) is 5.59. The van der Waals surface area contributed by atoms with Crippen molar-refractivity contribution in [1.29, 1.82) is 5.41 Å². The topological polar surface area (TPSA) is 126 Å². The molecule has 0 atom stereocenters. The van der Waals surface area contributed by atoms with Crippen LogP contribution in [0.5, 0.6) is 5.75 Å². The molecule has 7 nitrogen and oxygen atoms in total. The Labute approximate surface area is 167 Å². The van der Waals surface area contributed by atoms with Crippen LogP contribution in [0.15, 0.2) is 66.7 Å². The van der Waals surface area contributed by atoms with Gasteiger partial charge in [0.2, 0.25) is 0 Å². The maximum Gasteiger partial charge on any atom is 0.340 e. The molecule has 0 aliphatic carbocycles. The Morgan fingerprint density at radius 3 is 2.24 bits per heavy atom. The van der Waals surface area contributed by atoms with Crippen LogP contribution in [-0.2, 0) is 0 Å². The monoisotopic (exact) mass is 389 g/mol. The van der Waals surface area contributed by atoms with Crippen molar-refractivity contribution in [2.24, 2.45) is 5.73 Å². The number of carbonyl (C=O) groups excluding carboxylic acids is 1. The van der Waals surface area contributed by atoms with Crippen molar-refractivity contribution in [1.82, 2.24) is 0 Å². The summed E-state index contributed by atoms with van der Waals surface area (Å²) in [5.41, 5.74) is 7.68. The number of amides is 1. The number of hydrogen-bond donors (Lipinski definition) is 4. The summed E-state index contributed by atoms with van der Waals surface area (Å²) < 4.78 is 5.19. The molecular formula is C22H19N3O4. The van der Waals surface area contributed by atoms with Crippen LogP contribution in [0, 0.1) is 5.41 Å². The number of rotatable bonds is 6. The number of aromatic carboxylic acids is 1. The minimum Gasteiger partial charge on any atom is -0.496 e. The van der Waals surface area contributed by atoms with E-state index in [0.29, 0.717) is 27.9 Å². The second-order valence-corrected chi connectivity index (χ2v) is 6.18. The molecule has 29 heavy (non-hydrogen) atoms. The number of hydrogen-bond acceptors (Lipinski definition) is 4. The van der Waals surface area contributed by atoms with Gasteiger partial charge in [0.05, 0.1) is 7.11 Å². The molecule has 0 heterocycles. The van der Waals surface area contributed by atoms with E-state index in [1.165, 1.54) is 7.11 Å². The first kappa shape index (κ1) is 19.6. The number of methoxy groups -OCH3 is 1. The molecule has 0 radical (unpaired) electrons. The Morgan fingerprint density at radius 1 is 0.966 bits per heavy atom. The lowest BCUT2D eigenvalue weighted by atomic mass is 9.94. The zero-order chi connectivity index (χ0) is 21.0. The third kappa shape index (κ3) is 4.08. The highest BCUT2D eigenvalue weighted by molar-refractivity contribution is 6.11. The van der Waals surface area contributed by atoms with E-state index in [9.17, 15) is 14.7 Å². The number of benzene rings is 3. The zero-order valence-corrected chi connectivity index (χ0v) is 15.6. The highest BCUT2D eigenvalue weighted by atomic mass is 16.5. The number of amidine groups is 1. The standard InChI is InChI=1S/C22H19N3O4/c1-29-18-8-4-7-16(19(18)22(27)28)15-5-2-3-6-17(15)21(26)25-14-11-9-13(10-12-14)20(23)24/h2-12H,1H3,(H3,23,24)(H,25,26)(H,27,28). The number of carbonyl (C=O) groups is 2. The highest BCUT2D eigenvalue weighted by Gasteiger charge is 2.21. The lowest BCUT2D eigenvalue weighted by Crippen LogP contribution is -2.15. The second kappa shape index (κ2) is 8.26. The summed E-state index contributed by atoms with van der Waals surface area (Å²) in [6.07, 6.45) is 0. The summed E-state index contributed by atoms with van der Waals surface area (Å²) in [5.74, 6) is -1.39.